The van der Waals surface area contributed by atoms with Crippen molar-refractivity contribution in [1.82, 2.24) is 19.5 Å². The number of fused-ring (bicyclic) bond motifs is 4. The van der Waals surface area contributed by atoms with Crippen LogP contribution in [0.15, 0.2) is 53.2 Å². The normalized spacial score (nSPS) is 11.8. The zero-order chi connectivity index (χ0) is 16.3. The second kappa shape index (κ2) is 4.93. The Morgan fingerprint density at radius 1 is 0.917 bits per heavy atom. The van der Waals surface area contributed by atoms with Gasteiger partial charge in [0.25, 0.3) is 0 Å². The lowest BCUT2D eigenvalue weighted by molar-refractivity contribution is 0.668. The van der Waals surface area contributed by atoms with E-state index in [1.807, 2.05) is 42.5 Å². The lowest BCUT2D eigenvalue weighted by Crippen LogP contribution is -1.95. The van der Waals surface area contributed by atoms with E-state index < -0.39 is 0 Å². The molecule has 0 aliphatic heterocycles. The van der Waals surface area contributed by atoms with E-state index in [4.69, 9.17) is 27.6 Å². The van der Waals surface area contributed by atoms with E-state index in [2.05, 4.69) is 15.0 Å². The van der Waals surface area contributed by atoms with Gasteiger partial charge in [-0.1, -0.05) is 29.8 Å². The maximum Gasteiger partial charge on any atom is 0.225 e. The summed E-state index contributed by atoms with van der Waals surface area (Å²) in [6.07, 6.45) is 1.64. The van der Waals surface area contributed by atoms with Crippen molar-refractivity contribution in [2.45, 2.75) is 0 Å². The van der Waals surface area contributed by atoms with Gasteiger partial charge in [0.2, 0.25) is 5.28 Å². The number of para-hydroxylation sites is 1. The molecule has 0 N–H and O–H groups in total. The molecule has 0 saturated carbocycles. The van der Waals surface area contributed by atoms with Gasteiger partial charge in [-0.2, -0.15) is 4.98 Å². The van der Waals surface area contributed by atoms with Crippen LogP contribution in [0, 0.1) is 0 Å². The van der Waals surface area contributed by atoms with Crippen LogP contribution in [0.5, 0.6) is 0 Å². The van der Waals surface area contributed by atoms with Crippen LogP contribution >= 0.6 is 23.2 Å². The maximum atomic E-state index is 6.08. The first-order chi connectivity index (χ1) is 11.7. The molecule has 0 bridgehead atoms. The van der Waals surface area contributed by atoms with Crippen molar-refractivity contribution < 1.29 is 4.42 Å². The molecule has 116 valence electrons. The number of hydrogen-bond donors (Lipinski definition) is 0. The van der Waals surface area contributed by atoms with Crippen LogP contribution < -0.4 is 0 Å². The molecular weight excluding hydrogens is 347 g/mol. The Hall–Kier alpha value is -2.63. The summed E-state index contributed by atoms with van der Waals surface area (Å²) in [6.45, 7) is 0. The average molecular weight is 355 g/mol. The summed E-state index contributed by atoms with van der Waals surface area (Å²) in [7, 11) is 0. The molecule has 0 unspecified atom stereocenters. The molecule has 3 aromatic heterocycles. The third-order valence-electron chi connectivity index (χ3n) is 3.97. The highest BCUT2D eigenvalue weighted by molar-refractivity contribution is 6.35. The van der Waals surface area contributed by atoms with Gasteiger partial charge < -0.3 is 4.42 Å². The molecule has 0 radical (unpaired) electrons. The largest absolute Gasteiger partial charge is 0.456 e. The summed E-state index contributed by atoms with van der Waals surface area (Å²) >= 11 is 12.0. The van der Waals surface area contributed by atoms with Crippen LogP contribution in [-0.2, 0) is 0 Å². The van der Waals surface area contributed by atoms with Crippen molar-refractivity contribution in [1.29, 1.82) is 0 Å². The Morgan fingerprint density at radius 2 is 1.75 bits per heavy atom. The molecule has 5 aromatic rings. The number of aromatic nitrogens is 4. The molecule has 0 amide bonds. The Kier molecular flexibility index (Phi) is 2.83. The Bertz CT molecular complexity index is 1240. The molecule has 0 atom stereocenters. The SMILES string of the molecule is Clc1nc(Cl)c2ncn(-c3ccc4c(c3)oc3ccccc34)c2n1. The molecule has 0 fully saturated rings. The van der Waals surface area contributed by atoms with E-state index in [1.54, 1.807) is 10.9 Å². The minimum absolute atomic E-state index is 0.0825. The second-order valence-corrected chi connectivity index (χ2v) is 6.04. The fourth-order valence-electron chi connectivity index (χ4n) is 2.89. The predicted molar refractivity (Wildman–Crippen MR) is 94.0 cm³/mol. The summed E-state index contributed by atoms with van der Waals surface area (Å²) in [6, 6.07) is 13.9. The lowest BCUT2D eigenvalue weighted by Gasteiger charge is -2.03. The summed E-state index contributed by atoms with van der Waals surface area (Å²) < 4.78 is 7.74. The van der Waals surface area contributed by atoms with Crippen molar-refractivity contribution in [2.24, 2.45) is 0 Å². The van der Waals surface area contributed by atoms with E-state index >= 15 is 0 Å². The minimum Gasteiger partial charge on any atom is -0.456 e. The van der Waals surface area contributed by atoms with Gasteiger partial charge in [0.1, 0.15) is 23.0 Å². The van der Waals surface area contributed by atoms with Gasteiger partial charge in [-0.25, -0.2) is 9.97 Å². The quantitative estimate of drug-likeness (QED) is 0.313. The molecule has 7 heteroatoms. The number of nitrogens with zero attached hydrogens (tertiary/aromatic N) is 4. The fraction of sp³-hybridized carbons (Fsp3) is 0. The molecule has 0 aliphatic rings. The molecule has 2 aromatic carbocycles. The first-order valence-corrected chi connectivity index (χ1v) is 7.94. The predicted octanol–water partition coefficient (Wildman–Crippen LogP) is 5.02. The van der Waals surface area contributed by atoms with Gasteiger partial charge in [-0.3, -0.25) is 4.57 Å². The van der Waals surface area contributed by atoms with E-state index in [0.29, 0.717) is 11.2 Å². The van der Waals surface area contributed by atoms with Crippen LogP contribution in [-0.4, -0.2) is 19.5 Å². The van der Waals surface area contributed by atoms with Crippen LogP contribution in [0.1, 0.15) is 0 Å². The maximum absolute atomic E-state index is 6.08. The molecule has 3 heterocycles. The smallest absolute Gasteiger partial charge is 0.225 e. The Balaban J connectivity index is 1.79. The van der Waals surface area contributed by atoms with Gasteiger partial charge in [0.05, 0.1) is 5.69 Å². The summed E-state index contributed by atoms with van der Waals surface area (Å²) in [4.78, 5) is 12.4. The van der Waals surface area contributed by atoms with E-state index in [-0.39, 0.29) is 10.4 Å². The Labute approximate surface area is 145 Å². The zero-order valence-corrected chi connectivity index (χ0v) is 13.6. The van der Waals surface area contributed by atoms with E-state index in [9.17, 15) is 0 Å². The average Bonchev–Trinajstić information content (AvgIpc) is 3.15. The fourth-order valence-corrected chi connectivity index (χ4v) is 3.32. The van der Waals surface area contributed by atoms with Crippen LogP contribution in [0.25, 0.3) is 38.8 Å². The number of hydrogen-bond acceptors (Lipinski definition) is 4. The number of rotatable bonds is 1. The van der Waals surface area contributed by atoms with Crippen molar-refractivity contribution >= 4 is 56.3 Å². The van der Waals surface area contributed by atoms with Crippen LogP contribution in [0.2, 0.25) is 10.4 Å². The topological polar surface area (TPSA) is 56.7 Å². The second-order valence-electron chi connectivity index (χ2n) is 5.35. The number of imidazole rings is 1. The van der Waals surface area contributed by atoms with Crippen molar-refractivity contribution in [3.8, 4) is 5.69 Å². The molecular formula is C17H8Cl2N4O. The summed E-state index contributed by atoms with van der Waals surface area (Å²) in [5, 5.41) is 2.46. The van der Waals surface area contributed by atoms with Gasteiger partial charge in [-0.05, 0) is 29.8 Å². The third kappa shape index (κ3) is 1.92. The molecule has 0 spiro atoms. The first-order valence-electron chi connectivity index (χ1n) is 7.18. The highest BCUT2D eigenvalue weighted by Gasteiger charge is 2.14. The monoisotopic (exact) mass is 354 g/mol. The number of halogens is 2. The summed E-state index contributed by atoms with van der Waals surface area (Å²) in [5.41, 5.74) is 3.56. The van der Waals surface area contributed by atoms with Crippen molar-refractivity contribution in [2.75, 3.05) is 0 Å². The molecule has 24 heavy (non-hydrogen) atoms. The first kappa shape index (κ1) is 13.8. The lowest BCUT2D eigenvalue weighted by atomic mass is 10.1. The van der Waals surface area contributed by atoms with E-state index in [0.717, 1.165) is 27.6 Å². The van der Waals surface area contributed by atoms with Crippen LogP contribution in [0.3, 0.4) is 0 Å². The van der Waals surface area contributed by atoms with Crippen LogP contribution in [0.4, 0.5) is 0 Å². The molecule has 5 rings (SSSR count). The Morgan fingerprint density at radius 3 is 2.67 bits per heavy atom. The minimum atomic E-state index is 0.0825. The number of benzene rings is 2. The highest BCUT2D eigenvalue weighted by atomic mass is 35.5. The molecule has 5 nitrogen and oxygen atoms in total. The summed E-state index contributed by atoms with van der Waals surface area (Å²) in [5.74, 6) is 0. The van der Waals surface area contributed by atoms with Gasteiger partial charge in [0.15, 0.2) is 10.8 Å². The zero-order valence-electron chi connectivity index (χ0n) is 12.1. The van der Waals surface area contributed by atoms with Crippen molar-refractivity contribution in [3.05, 3.63) is 59.2 Å². The third-order valence-corrected chi connectivity index (χ3v) is 4.40. The standard InChI is InChI=1S/C17H8Cl2N4O/c18-15-14-16(22-17(19)21-15)23(8-20-14)9-5-6-11-10-3-1-2-4-12(10)24-13(11)7-9/h1-8H. The highest BCUT2D eigenvalue weighted by Crippen LogP contribution is 2.31. The number of furan rings is 1. The van der Waals surface area contributed by atoms with Gasteiger partial charge in [0, 0.05) is 16.8 Å². The van der Waals surface area contributed by atoms with E-state index in [1.165, 1.54) is 0 Å². The van der Waals surface area contributed by atoms with Gasteiger partial charge in [-0.15, -0.1) is 0 Å². The van der Waals surface area contributed by atoms with Gasteiger partial charge >= 0.3 is 0 Å². The molecule has 0 saturated heterocycles. The molecule has 0 aliphatic carbocycles. The van der Waals surface area contributed by atoms with Crippen molar-refractivity contribution in [3.63, 3.8) is 0 Å².